The van der Waals surface area contributed by atoms with Crippen molar-refractivity contribution in [3.63, 3.8) is 0 Å². The molecule has 2 rings (SSSR count). The summed E-state index contributed by atoms with van der Waals surface area (Å²) in [6.07, 6.45) is 2.75. The summed E-state index contributed by atoms with van der Waals surface area (Å²) in [7, 11) is 0. The molecule has 1 aromatic carbocycles. The van der Waals surface area contributed by atoms with Gasteiger partial charge in [-0.2, -0.15) is 0 Å². The van der Waals surface area contributed by atoms with E-state index >= 15 is 0 Å². The molecule has 0 radical (unpaired) electrons. The number of hydrogen-bond acceptors (Lipinski definition) is 3. The van der Waals surface area contributed by atoms with Crippen LogP contribution in [-0.2, 0) is 15.1 Å². The van der Waals surface area contributed by atoms with Gasteiger partial charge in [-0.3, -0.25) is 9.69 Å². The highest BCUT2D eigenvalue weighted by molar-refractivity contribution is 6.30. The fraction of sp³-hybridized carbons (Fsp3) is 0.562. The zero-order valence-corrected chi connectivity index (χ0v) is 12.9. The number of nitrogens with zero attached hydrogens (tertiary/aromatic N) is 1. The molecule has 1 atom stereocenters. The molecule has 3 nitrogen and oxygen atoms in total. The zero-order valence-electron chi connectivity index (χ0n) is 12.2. The average Bonchev–Trinajstić information content (AvgIpc) is 2.94. The first-order valence-corrected chi connectivity index (χ1v) is 7.61. The van der Waals surface area contributed by atoms with Gasteiger partial charge in [0.2, 0.25) is 0 Å². The third kappa shape index (κ3) is 3.33. The Morgan fingerprint density at radius 1 is 1.30 bits per heavy atom. The van der Waals surface area contributed by atoms with Crippen molar-refractivity contribution in [2.45, 2.75) is 38.6 Å². The fourth-order valence-electron chi connectivity index (χ4n) is 2.91. The topological polar surface area (TPSA) is 29.5 Å². The van der Waals surface area contributed by atoms with Crippen LogP contribution in [0.25, 0.3) is 0 Å². The van der Waals surface area contributed by atoms with E-state index < -0.39 is 0 Å². The molecule has 1 aliphatic heterocycles. The van der Waals surface area contributed by atoms with Gasteiger partial charge in [-0.05, 0) is 57.5 Å². The maximum Gasteiger partial charge on any atom is 0.307 e. The summed E-state index contributed by atoms with van der Waals surface area (Å²) in [5.41, 5.74) is 0.810. The van der Waals surface area contributed by atoms with Gasteiger partial charge in [0.15, 0.2) is 0 Å². The van der Waals surface area contributed by atoms with Crippen LogP contribution in [0.1, 0.15) is 38.7 Å². The molecule has 0 amide bonds. The Kier molecular flexibility index (Phi) is 5.06. The highest BCUT2D eigenvalue weighted by Crippen LogP contribution is 2.35. The van der Waals surface area contributed by atoms with E-state index in [2.05, 4.69) is 11.8 Å². The average molecular weight is 296 g/mol. The van der Waals surface area contributed by atoms with Gasteiger partial charge < -0.3 is 4.74 Å². The second-order valence-electron chi connectivity index (χ2n) is 5.46. The lowest BCUT2D eigenvalue weighted by Crippen LogP contribution is -2.44. The molecule has 1 fully saturated rings. The number of benzene rings is 1. The fourth-order valence-corrected chi connectivity index (χ4v) is 3.04. The minimum Gasteiger partial charge on any atom is -0.466 e. The highest BCUT2D eigenvalue weighted by Gasteiger charge is 2.37. The number of carbonyl (C=O) groups excluding carboxylic acids is 1. The van der Waals surface area contributed by atoms with Gasteiger partial charge in [-0.25, -0.2) is 0 Å². The number of likely N-dealkylation sites (tertiary alicyclic amines) is 1. The van der Waals surface area contributed by atoms with Gasteiger partial charge in [0, 0.05) is 5.02 Å². The zero-order chi connectivity index (χ0) is 14.6. The highest BCUT2D eigenvalue weighted by atomic mass is 35.5. The molecule has 0 N–H and O–H groups in total. The maximum atomic E-state index is 12.0. The van der Waals surface area contributed by atoms with E-state index in [4.69, 9.17) is 16.3 Å². The first-order valence-electron chi connectivity index (χ1n) is 7.23. The molecule has 20 heavy (non-hydrogen) atoms. The lowest BCUT2D eigenvalue weighted by atomic mass is 9.87. The van der Waals surface area contributed by atoms with Crippen molar-refractivity contribution in [2.24, 2.45) is 0 Å². The molecule has 0 spiro atoms. The molecule has 110 valence electrons. The summed E-state index contributed by atoms with van der Waals surface area (Å²) in [5, 5.41) is 0.716. The predicted molar refractivity (Wildman–Crippen MR) is 80.9 cm³/mol. The van der Waals surface area contributed by atoms with Gasteiger partial charge in [0.25, 0.3) is 0 Å². The Labute approximate surface area is 125 Å². The van der Waals surface area contributed by atoms with Crippen molar-refractivity contribution in [2.75, 3.05) is 19.7 Å². The van der Waals surface area contributed by atoms with Crippen LogP contribution < -0.4 is 0 Å². The molecule has 0 bridgehead atoms. The van der Waals surface area contributed by atoms with Crippen molar-refractivity contribution in [3.8, 4) is 0 Å². The van der Waals surface area contributed by atoms with Crippen LogP contribution in [0.4, 0.5) is 0 Å². The van der Waals surface area contributed by atoms with E-state index in [0.717, 1.165) is 18.7 Å². The van der Waals surface area contributed by atoms with E-state index in [1.807, 2.05) is 31.2 Å². The van der Waals surface area contributed by atoms with E-state index in [-0.39, 0.29) is 11.5 Å². The molecule has 0 aliphatic carbocycles. The number of halogens is 1. The molecule has 1 aromatic rings. The molecule has 4 heteroatoms. The second kappa shape index (κ2) is 6.59. The van der Waals surface area contributed by atoms with E-state index in [9.17, 15) is 4.79 Å². The number of carbonyl (C=O) groups is 1. The summed E-state index contributed by atoms with van der Waals surface area (Å²) in [6, 6.07) is 7.80. The minimum absolute atomic E-state index is 0.142. The third-order valence-electron chi connectivity index (χ3n) is 4.06. The minimum atomic E-state index is -0.312. The quantitative estimate of drug-likeness (QED) is 0.777. The van der Waals surface area contributed by atoms with Crippen molar-refractivity contribution in [3.05, 3.63) is 34.9 Å². The Bertz CT molecular complexity index is 454. The standard InChI is InChI=1S/C16H22ClNO2/c1-3-20-15(19)12-16(2,18-10-4-5-11-18)13-6-8-14(17)9-7-13/h6-9H,3-5,10-12H2,1-2H3. The van der Waals surface area contributed by atoms with Crippen molar-refractivity contribution in [1.82, 2.24) is 4.90 Å². The summed E-state index contributed by atoms with van der Waals surface area (Å²) in [6.45, 7) is 6.44. The normalized spacial score (nSPS) is 18.8. The number of rotatable bonds is 5. The Morgan fingerprint density at radius 3 is 2.45 bits per heavy atom. The molecule has 1 heterocycles. The lowest BCUT2D eigenvalue weighted by Gasteiger charge is -2.38. The van der Waals surface area contributed by atoms with Crippen LogP contribution in [0, 0.1) is 0 Å². The lowest BCUT2D eigenvalue weighted by molar-refractivity contribution is -0.146. The molecule has 0 aromatic heterocycles. The molecular weight excluding hydrogens is 274 g/mol. The van der Waals surface area contributed by atoms with Gasteiger partial charge in [0.05, 0.1) is 18.6 Å². The van der Waals surface area contributed by atoms with Gasteiger partial charge in [-0.15, -0.1) is 0 Å². The van der Waals surface area contributed by atoms with Crippen LogP contribution in [0.15, 0.2) is 24.3 Å². The summed E-state index contributed by atoms with van der Waals surface area (Å²) in [5.74, 6) is -0.142. The Morgan fingerprint density at radius 2 is 1.90 bits per heavy atom. The maximum absolute atomic E-state index is 12.0. The van der Waals surface area contributed by atoms with Crippen molar-refractivity contribution < 1.29 is 9.53 Å². The summed E-state index contributed by atoms with van der Waals surface area (Å²) >= 11 is 5.97. The van der Waals surface area contributed by atoms with Gasteiger partial charge in [0.1, 0.15) is 0 Å². The van der Waals surface area contributed by atoms with E-state index in [0.29, 0.717) is 18.1 Å². The Hall–Kier alpha value is -1.06. The van der Waals surface area contributed by atoms with Gasteiger partial charge in [-0.1, -0.05) is 23.7 Å². The predicted octanol–water partition coefficient (Wildman–Crippen LogP) is 3.60. The van der Waals surface area contributed by atoms with Crippen LogP contribution >= 0.6 is 11.6 Å². The van der Waals surface area contributed by atoms with Gasteiger partial charge >= 0.3 is 5.97 Å². The largest absolute Gasteiger partial charge is 0.466 e. The van der Waals surface area contributed by atoms with Crippen LogP contribution in [-0.4, -0.2) is 30.6 Å². The SMILES string of the molecule is CCOC(=O)CC(C)(c1ccc(Cl)cc1)N1CCCC1. The molecule has 1 unspecified atom stereocenters. The molecular formula is C16H22ClNO2. The van der Waals surface area contributed by atoms with Crippen molar-refractivity contribution in [1.29, 1.82) is 0 Å². The molecule has 0 saturated carbocycles. The summed E-state index contributed by atoms with van der Waals surface area (Å²) < 4.78 is 5.15. The van der Waals surface area contributed by atoms with E-state index in [1.54, 1.807) is 0 Å². The number of esters is 1. The van der Waals surface area contributed by atoms with E-state index in [1.165, 1.54) is 12.8 Å². The second-order valence-corrected chi connectivity index (χ2v) is 5.89. The molecule has 1 saturated heterocycles. The molecule has 1 aliphatic rings. The van der Waals surface area contributed by atoms with Crippen LogP contribution in [0.3, 0.4) is 0 Å². The Balaban J connectivity index is 2.27. The van der Waals surface area contributed by atoms with Crippen molar-refractivity contribution >= 4 is 17.6 Å². The van der Waals surface area contributed by atoms with Crippen LogP contribution in [0.2, 0.25) is 5.02 Å². The first-order chi connectivity index (χ1) is 9.56. The monoisotopic (exact) mass is 295 g/mol. The summed E-state index contributed by atoms with van der Waals surface area (Å²) in [4.78, 5) is 14.4. The first kappa shape index (κ1) is 15.3. The smallest absolute Gasteiger partial charge is 0.307 e. The third-order valence-corrected chi connectivity index (χ3v) is 4.32. The number of hydrogen-bond donors (Lipinski definition) is 0. The number of ether oxygens (including phenoxy) is 1. The van der Waals surface area contributed by atoms with Crippen LogP contribution in [0.5, 0.6) is 0 Å².